The molecule has 1 atom stereocenters. The minimum atomic E-state index is 0.527. The maximum atomic E-state index is 4.70. The second-order valence-electron chi connectivity index (χ2n) is 5.74. The van der Waals surface area contributed by atoms with Crippen LogP contribution < -0.4 is 5.32 Å². The Kier molecular flexibility index (Phi) is 7.82. The smallest absolute Gasteiger partial charge is 0.0766 e. The molecule has 1 aromatic rings. The maximum absolute atomic E-state index is 4.70. The predicted molar refractivity (Wildman–Crippen MR) is 90.3 cm³/mol. The van der Waals surface area contributed by atoms with E-state index in [1.807, 2.05) is 0 Å². The molecule has 0 amide bonds. The lowest BCUT2D eigenvalue weighted by atomic mass is 10.0. The van der Waals surface area contributed by atoms with E-state index < -0.39 is 0 Å². The van der Waals surface area contributed by atoms with Crippen molar-refractivity contribution in [2.75, 3.05) is 0 Å². The van der Waals surface area contributed by atoms with Gasteiger partial charge >= 0.3 is 0 Å². The van der Waals surface area contributed by atoms with Crippen LogP contribution in [0.15, 0.2) is 4.47 Å². The van der Waals surface area contributed by atoms with Crippen LogP contribution in [0.1, 0.15) is 65.3 Å². The quantitative estimate of drug-likeness (QED) is 0.723. The summed E-state index contributed by atoms with van der Waals surface area (Å²) < 4.78 is 3.37. The van der Waals surface area contributed by atoms with Gasteiger partial charge in [0.25, 0.3) is 0 Å². The highest BCUT2D eigenvalue weighted by Gasteiger charge is 2.18. The SMILES string of the molecule is CCCCC(Cc1c(Br)c(CC)nn1CC)NC(C)C. The highest BCUT2D eigenvalue weighted by Crippen LogP contribution is 2.24. The van der Waals surface area contributed by atoms with Crippen LogP contribution in [0.25, 0.3) is 0 Å². The van der Waals surface area contributed by atoms with Gasteiger partial charge in [-0.15, -0.1) is 0 Å². The molecule has 116 valence electrons. The second-order valence-corrected chi connectivity index (χ2v) is 6.53. The molecule has 0 fully saturated rings. The van der Waals surface area contributed by atoms with Crippen molar-refractivity contribution in [3.63, 3.8) is 0 Å². The van der Waals surface area contributed by atoms with Crippen LogP contribution in [0, 0.1) is 0 Å². The van der Waals surface area contributed by atoms with E-state index >= 15 is 0 Å². The van der Waals surface area contributed by atoms with Crippen LogP contribution >= 0.6 is 15.9 Å². The van der Waals surface area contributed by atoms with Crippen LogP contribution in [-0.2, 0) is 19.4 Å². The van der Waals surface area contributed by atoms with Crippen molar-refractivity contribution in [3.05, 3.63) is 15.9 Å². The number of unbranched alkanes of at least 4 members (excludes halogenated alkanes) is 1. The average molecular weight is 344 g/mol. The number of aromatic nitrogens is 2. The Hall–Kier alpha value is -0.350. The largest absolute Gasteiger partial charge is 0.311 e. The van der Waals surface area contributed by atoms with Gasteiger partial charge in [0.2, 0.25) is 0 Å². The first-order valence-corrected chi connectivity index (χ1v) is 8.82. The normalized spacial score (nSPS) is 13.2. The summed E-state index contributed by atoms with van der Waals surface area (Å²) in [4.78, 5) is 0. The summed E-state index contributed by atoms with van der Waals surface area (Å²) in [6.45, 7) is 12.0. The molecule has 0 radical (unpaired) electrons. The first-order chi connectivity index (χ1) is 9.53. The number of hydrogen-bond acceptors (Lipinski definition) is 2. The standard InChI is InChI=1S/C16H30BrN3/c1-6-9-10-13(18-12(4)5)11-15-16(17)14(7-2)19-20(15)8-3/h12-13,18H,6-11H2,1-5H3. The second kappa shape index (κ2) is 8.83. The van der Waals surface area contributed by atoms with Gasteiger partial charge in [-0.1, -0.05) is 40.5 Å². The van der Waals surface area contributed by atoms with Crippen LogP contribution in [0.2, 0.25) is 0 Å². The molecule has 1 rings (SSSR count). The van der Waals surface area contributed by atoms with Gasteiger partial charge in [0, 0.05) is 25.0 Å². The van der Waals surface area contributed by atoms with Gasteiger partial charge in [0.05, 0.1) is 15.9 Å². The fraction of sp³-hybridized carbons (Fsp3) is 0.812. The van der Waals surface area contributed by atoms with E-state index in [4.69, 9.17) is 5.10 Å². The molecule has 20 heavy (non-hydrogen) atoms. The summed E-state index contributed by atoms with van der Waals surface area (Å²) in [7, 11) is 0. The monoisotopic (exact) mass is 343 g/mol. The molecule has 1 unspecified atom stereocenters. The van der Waals surface area contributed by atoms with Crippen molar-refractivity contribution >= 4 is 15.9 Å². The minimum absolute atomic E-state index is 0.527. The average Bonchev–Trinajstić information content (AvgIpc) is 2.72. The Morgan fingerprint density at radius 1 is 1.25 bits per heavy atom. The summed E-state index contributed by atoms with van der Waals surface area (Å²) in [5.41, 5.74) is 2.53. The molecular weight excluding hydrogens is 314 g/mol. The molecule has 0 saturated heterocycles. The fourth-order valence-electron chi connectivity index (χ4n) is 2.61. The molecule has 1 N–H and O–H groups in total. The third-order valence-corrected chi connectivity index (χ3v) is 4.52. The van der Waals surface area contributed by atoms with E-state index in [0.29, 0.717) is 12.1 Å². The topological polar surface area (TPSA) is 29.9 Å². The lowest BCUT2D eigenvalue weighted by molar-refractivity contribution is 0.414. The van der Waals surface area contributed by atoms with Crippen molar-refractivity contribution in [1.29, 1.82) is 0 Å². The van der Waals surface area contributed by atoms with Gasteiger partial charge in [-0.05, 0) is 35.7 Å². The van der Waals surface area contributed by atoms with Crippen LogP contribution in [0.3, 0.4) is 0 Å². The number of halogens is 1. The molecule has 4 heteroatoms. The highest BCUT2D eigenvalue weighted by atomic mass is 79.9. The number of nitrogens with one attached hydrogen (secondary N) is 1. The van der Waals surface area contributed by atoms with Gasteiger partial charge in [-0.25, -0.2) is 0 Å². The first-order valence-electron chi connectivity index (χ1n) is 8.03. The van der Waals surface area contributed by atoms with Gasteiger partial charge in [-0.3, -0.25) is 4.68 Å². The maximum Gasteiger partial charge on any atom is 0.0766 e. The lowest BCUT2D eigenvalue weighted by Gasteiger charge is -2.22. The highest BCUT2D eigenvalue weighted by molar-refractivity contribution is 9.10. The van der Waals surface area contributed by atoms with Crippen molar-refractivity contribution in [2.24, 2.45) is 0 Å². The molecule has 0 bridgehead atoms. The molecule has 1 heterocycles. The van der Waals surface area contributed by atoms with Crippen molar-refractivity contribution in [2.45, 2.75) is 85.4 Å². The Labute approximate surface area is 132 Å². The summed E-state index contributed by atoms with van der Waals surface area (Å²) in [6, 6.07) is 1.07. The summed E-state index contributed by atoms with van der Waals surface area (Å²) in [5.74, 6) is 0. The Morgan fingerprint density at radius 2 is 1.95 bits per heavy atom. The molecule has 0 spiro atoms. The van der Waals surface area contributed by atoms with Crippen LogP contribution in [0.5, 0.6) is 0 Å². The van der Waals surface area contributed by atoms with Gasteiger partial charge in [0.15, 0.2) is 0 Å². The third-order valence-electron chi connectivity index (χ3n) is 3.61. The van der Waals surface area contributed by atoms with E-state index in [-0.39, 0.29) is 0 Å². The van der Waals surface area contributed by atoms with E-state index in [1.165, 1.54) is 35.1 Å². The molecule has 0 saturated carbocycles. The molecule has 0 aliphatic rings. The Bertz CT molecular complexity index is 399. The molecule has 0 aliphatic carbocycles. The molecule has 0 aromatic carbocycles. The molecule has 0 aliphatic heterocycles. The molecule has 1 aromatic heterocycles. The van der Waals surface area contributed by atoms with E-state index in [0.717, 1.165) is 19.4 Å². The zero-order chi connectivity index (χ0) is 15.1. The molecular formula is C16H30BrN3. The summed E-state index contributed by atoms with van der Waals surface area (Å²) in [6.07, 6.45) is 5.81. The van der Waals surface area contributed by atoms with Gasteiger partial charge in [-0.2, -0.15) is 5.10 Å². The van der Waals surface area contributed by atoms with E-state index in [2.05, 4.69) is 60.5 Å². The summed E-state index contributed by atoms with van der Waals surface area (Å²) in [5, 5.41) is 8.41. The minimum Gasteiger partial charge on any atom is -0.311 e. The number of nitrogens with zero attached hydrogens (tertiary/aromatic N) is 2. The predicted octanol–water partition coefficient (Wildman–Crippen LogP) is 4.33. The van der Waals surface area contributed by atoms with E-state index in [9.17, 15) is 0 Å². The number of aryl methyl sites for hydroxylation is 2. The van der Waals surface area contributed by atoms with Crippen molar-refractivity contribution < 1.29 is 0 Å². The Balaban J connectivity index is 2.88. The Morgan fingerprint density at radius 3 is 2.45 bits per heavy atom. The van der Waals surface area contributed by atoms with Crippen LogP contribution in [0.4, 0.5) is 0 Å². The van der Waals surface area contributed by atoms with Crippen LogP contribution in [-0.4, -0.2) is 21.9 Å². The van der Waals surface area contributed by atoms with E-state index in [1.54, 1.807) is 0 Å². The fourth-order valence-corrected chi connectivity index (χ4v) is 3.34. The zero-order valence-electron chi connectivity index (χ0n) is 13.7. The first kappa shape index (κ1) is 17.7. The zero-order valence-corrected chi connectivity index (χ0v) is 15.3. The van der Waals surface area contributed by atoms with Crippen molar-refractivity contribution in [1.82, 2.24) is 15.1 Å². The van der Waals surface area contributed by atoms with Gasteiger partial charge < -0.3 is 5.32 Å². The third kappa shape index (κ3) is 4.88. The van der Waals surface area contributed by atoms with Crippen molar-refractivity contribution in [3.8, 4) is 0 Å². The number of rotatable bonds is 9. The number of hydrogen-bond donors (Lipinski definition) is 1. The lowest BCUT2D eigenvalue weighted by Crippen LogP contribution is -2.37. The molecule has 3 nitrogen and oxygen atoms in total. The summed E-state index contributed by atoms with van der Waals surface area (Å²) >= 11 is 3.75. The van der Waals surface area contributed by atoms with Gasteiger partial charge in [0.1, 0.15) is 0 Å².